The van der Waals surface area contributed by atoms with Gasteiger partial charge in [0.25, 0.3) is 0 Å². The number of rotatable bonds is 5. The van der Waals surface area contributed by atoms with Gasteiger partial charge in [0.15, 0.2) is 0 Å². The van der Waals surface area contributed by atoms with E-state index in [9.17, 15) is 0 Å². The van der Waals surface area contributed by atoms with Crippen molar-refractivity contribution < 1.29 is 0 Å². The maximum atomic E-state index is 3.89. The Balaban J connectivity index is 0.832. The molecule has 67 heavy (non-hydrogen) atoms. The summed E-state index contributed by atoms with van der Waals surface area (Å²) in [6.45, 7) is 2.27. The third kappa shape index (κ3) is 5.27. The van der Waals surface area contributed by atoms with Crippen LogP contribution in [-0.2, 0) is 12.8 Å². The van der Waals surface area contributed by atoms with E-state index in [-0.39, 0.29) is 0 Å². The Morgan fingerprint density at radius 1 is 0.358 bits per heavy atom. The number of aromatic nitrogens is 2. The minimum absolute atomic E-state index is 1.05. The molecule has 0 spiro atoms. The van der Waals surface area contributed by atoms with Gasteiger partial charge < -0.3 is 9.55 Å². The van der Waals surface area contributed by atoms with Crippen LogP contribution in [0.3, 0.4) is 0 Å². The normalized spacial score (nSPS) is 12.7. The zero-order chi connectivity index (χ0) is 43.9. The first-order valence-corrected chi connectivity index (χ1v) is 23.6. The van der Waals surface area contributed by atoms with Crippen molar-refractivity contribution in [3.05, 3.63) is 223 Å². The number of para-hydroxylation sites is 1. The molecule has 0 unspecified atom stereocenters. The van der Waals surface area contributed by atoms with Gasteiger partial charge >= 0.3 is 0 Å². The molecular weight excluding hydrogens is 809 g/mol. The van der Waals surface area contributed by atoms with E-state index in [1.54, 1.807) is 0 Å². The van der Waals surface area contributed by atoms with Crippen LogP contribution in [-0.4, -0.2) is 9.55 Å². The third-order valence-electron chi connectivity index (χ3n) is 15.3. The fourth-order valence-electron chi connectivity index (χ4n) is 12.2. The molecule has 14 aromatic rings. The second kappa shape index (κ2) is 13.8. The topological polar surface area (TPSA) is 20.7 Å². The largest absolute Gasteiger partial charge is 0.358 e. The summed E-state index contributed by atoms with van der Waals surface area (Å²) in [6.07, 6.45) is 2.15. The molecule has 0 saturated carbocycles. The van der Waals surface area contributed by atoms with E-state index in [0.29, 0.717) is 0 Å². The van der Waals surface area contributed by atoms with E-state index in [1.807, 2.05) is 0 Å². The van der Waals surface area contributed by atoms with Crippen molar-refractivity contribution in [2.45, 2.75) is 19.8 Å². The highest BCUT2D eigenvalue weighted by molar-refractivity contribution is 6.38. The average Bonchev–Trinajstić information content (AvgIpc) is 3.96. The molecule has 0 amide bonds. The number of H-pyrrole nitrogens is 1. The molecule has 0 radical (unpaired) electrons. The summed E-state index contributed by atoms with van der Waals surface area (Å²) in [4.78, 5) is 3.89. The molecule has 2 heterocycles. The van der Waals surface area contributed by atoms with Crippen molar-refractivity contribution in [1.82, 2.24) is 9.55 Å². The molecular formula is C65H42N2. The molecule has 15 rings (SSSR count). The Kier molecular flexibility index (Phi) is 7.57. The van der Waals surface area contributed by atoms with Crippen molar-refractivity contribution in [3.8, 4) is 50.2 Å². The molecule has 0 saturated heterocycles. The fourth-order valence-corrected chi connectivity index (χ4v) is 12.2. The van der Waals surface area contributed by atoms with Gasteiger partial charge in [-0.2, -0.15) is 0 Å². The highest BCUT2D eigenvalue weighted by Gasteiger charge is 2.23. The lowest BCUT2D eigenvalue weighted by molar-refractivity contribution is 0.933. The number of hydrogen-bond donors (Lipinski definition) is 1. The molecule has 0 bridgehead atoms. The predicted octanol–water partition coefficient (Wildman–Crippen LogP) is 17.5. The van der Waals surface area contributed by atoms with Crippen LogP contribution in [0.25, 0.3) is 137 Å². The second-order valence-corrected chi connectivity index (χ2v) is 18.8. The third-order valence-corrected chi connectivity index (χ3v) is 15.3. The minimum atomic E-state index is 1.05. The van der Waals surface area contributed by atoms with Gasteiger partial charge in [0, 0.05) is 43.8 Å². The number of benzene rings is 10. The van der Waals surface area contributed by atoms with Gasteiger partial charge in [-0.3, -0.25) is 0 Å². The average molecular weight is 851 g/mol. The SMILES string of the molecule is Cc1cc2ccc3c2c2c([nH]c4cc(-c5ccc(-c6ccc(-n7c8ccccc8c8ccc9c%10cc(-c%11ccccc%11)c(-c%11ccccc%11)cc%10c%10ccc7c8c9%10)cc6)cc5)ccc4c12)CC3. The number of nitrogens with one attached hydrogen (secondary N) is 1. The molecule has 12 aromatic carbocycles. The Bertz CT molecular complexity index is 4260. The fraction of sp³-hybridized carbons (Fsp3) is 0.0462. The van der Waals surface area contributed by atoms with Gasteiger partial charge in [0.2, 0.25) is 0 Å². The summed E-state index contributed by atoms with van der Waals surface area (Å²) >= 11 is 0. The number of fused-ring (bicyclic) bond motifs is 7. The molecule has 1 aliphatic carbocycles. The van der Waals surface area contributed by atoms with Crippen LogP contribution in [0.2, 0.25) is 0 Å². The van der Waals surface area contributed by atoms with E-state index < -0.39 is 0 Å². The monoisotopic (exact) mass is 850 g/mol. The van der Waals surface area contributed by atoms with Crippen LogP contribution < -0.4 is 0 Å². The van der Waals surface area contributed by atoms with Crippen LogP contribution >= 0.6 is 0 Å². The highest BCUT2D eigenvalue weighted by Crippen LogP contribution is 2.48. The molecule has 2 aromatic heterocycles. The van der Waals surface area contributed by atoms with Gasteiger partial charge in [-0.05, 0) is 161 Å². The maximum Gasteiger partial charge on any atom is 0.0547 e. The van der Waals surface area contributed by atoms with Gasteiger partial charge in [-0.25, -0.2) is 0 Å². The van der Waals surface area contributed by atoms with Crippen molar-refractivity contribution in [2.75, 3.05) is 0 Å². The van der Waals surface area contributed by atoms with Crippen molar-refractivity contribution in [3.63, 3.8) is 0 Å². The van der Waals surface area contributed by atoms with Gasteiger partial charge in [0.1, 0.15) is 0 Å². The Hall–Kier alpha value is -8.46. The summed E-state index contributed by atoms with van der Waals surface area (Å²) in [5.74, 6) is 0. The van der Waals surface area contributed by atoms with Gasteiger partial charge in [-0.15, -0.1) is 0 Å². The number of pyridine rings is 2. The maximum absolute atomic E-state index is 3.89. The number of nitrogens with zero attached hydrogens (tertiary/aromatic N) is 1. The Morgan fingerprint density at radius 2 is 0.940 bits per heavy atom. The zero-order valence-corrected chi connectivity index (χ0v) is 37.0. The van der Waals surface area contributed by atoms with Crippen LogP contribution in [0.5, 0.6) is 0 Å². The van der Waals surface area contributed by atoms with Crippen molar-refractivity contribution in [2.24, 2.45) is 0 Å². The van der Waals surface area contributed by atoms with Crippen LogP contribution in [0.1, 0.15) is 16.8 Å². The van der Waals surface area contributed by atoms with E-state index in [2.05, 4.69) is 223 Å². The van der Waals surface area contributed by atoms with Crippen LogP contribution in [0.4, 0.5) is 0 Å². The summed E-state index contributed by atoms with van der Waals surface area (Å²) in [5, 5.41) is 17.4. The number of aromatic amines is 1. The van der Waals surface area contributed by atoms with Crippen LogP contribution in [0.15, 0.2) is 206 Å². The minimum Gasteiger partial charge on any atom is -0.358 e. The molecule has 1 N–H and O–H groups in total. The van der Waals surface area contributed by atoms with Crippen molar-refractivity contribution in [1.29, 1.82) is 0 Å². The quantitative estimate of drug-likeness (QED) is 0.132. The summed E-state index contributed by atoms with van der Waals surface area (Å²) in [6, 6.07) is 77.2. The first kappa shape index (κ1) is 36.8. The molecule has 312 valence electrons. The van der Waals surface area contributed by atoms with Crippen LogP contribution in [0, 0.1) is 6.92 Å². The van der Waals surface area contributed by atoms with E-state index in [0.717, 1.165) is 18.5 Å². The van der Waals surface area contributed by atoms with E-state index >= 15 is 0 Å². The van der Waals surface area contributed by atoms with Gasteiger partial charge in [-0.1, -0.05) is 164 Å². The number of hydrogen-bond acceptors (Lipinski definition) is 0. The zero-order valence-electron chi connectivity index (χ0n) is 37.0. The summed E-state index contributed by atoms with van der Waals surface area (Å²) in [7, 11) is 0. The molecule has 2 nitrogen and oxygen atoms in total. The second-order valence-electron chi connectivity index (χ2n) is 18.8. The first-order chi connectivity index (χ1) is 33.1. The first-order valence-electron chi connectivity index (χ1n) is 23.6. The smallest absolute Gasteiger partial charge is 0.0547 e. The summed E-state index contributed by atoms with van der Waals surface area (Å²) < 4.78 is 2.48. The molecule has 0 atom stereocenters. The van der Waals surface area contributed by atoms with Crippen molar-refractivity contribution >= 4 is 86.6 Å². The molecule has 1 aliphatic rings. The van der Waals surface area contributed by atoms with Gasteiger partial charge in [0.05, 0.1) is 11.0 Å². The lowest BCUT2D eigenvalue weighted by atomic mass is 9.88. The number of aryl methyl sites for hydroxylation is 3. The van der Waals surface area contributed by atoms with E-state index in [1.165, 1.54) is 148 Å². The lowest BCUT2D eigenvalue weighted by Gasteiger charge is -2.20. The molecule has 0 fully saturated rings. The lowest BCUT2D eigenvalue weighted by Crippen LogP contribution is -2.03. The molecule has 0 aliphatic heterocycles. The Morgan fingerprint density at radius 3 is 1.64 bits per heavy atom. The van der Waals surface area contributed by atoms with E-state index in [4.69, 9.17) is 0 Å². The predicted molar refractivity (Wildman–Crippen MR) is 285 cm³/mol. The highest BCUT2D eigenvalue weighted by atomic mass is 15.0. The summed E-state index contributed by atoms with van der Waals surface area (Å²) in [5.41, 5.74) is 18.8. The molecule has 2 heteroatoms. The standard InChI is InChI=1S/C65H42N2/c1-38-34-46-21-20-44-25-32-57-65(62(44)46)61(38)52-28-24-45(35-58(52)66-57)41-18-16-39(17-19-41)40-22-26-47(27-23-40)67-59-15-9-8-14-48(59)49-29-30-50-55-36-53(42-10-4-2-5-11-42)54(43-12-6-3-7-13-43)37-56(55)51-31-33-60(67)64(49)63(50)51/h2-24,26-31,33-37,66H,25,32H2,1H3. The Labute approximate surface area is 387 Å².